The predicted octanol–water partition coefficient (Wildman–Crippen LogP) is 1.33. The van der Waals surface area contributed by atoms with E-state index in [0.29, 0.717) is 13.2 Å². The predicted molar refractivity (Wildman–Crippen MR) is 55.3 cm³/mol. The molecule has 0 amide bonds. The van der Waals surface area contributed by atoms with Crippen LogP contribution in [0.3, 0.4) is 0 Å². The summed E-state index contributed by atoms with van der Waals surface area (Å²) in [7, 11) is 1.62. The SMILES string of the molecule is COCc1ncccc1COCC(C)=O. The number of rotatable bonds is 6. The van der Waals surface area contributed by atoms with Gasteiger partial charge in [-0.2, -0.15) is 0 Å². The van der Waals surface area contributed by atoms with Gasteiger partial charge in [0, 0.05) is 18.9 Å². The summed E-state index contributed by atoms with van der Waals surface area (Å²) >= 11 is 0. The third-order valence-electron chi connectivity index (χ3n) is 1.83. The first kappa shape index (κ1) is 11.8. The minimum atomic E-state index is 0.0205. The summed E-state index contributed by atoms with van der Waals surface area (Å²) in [6.45, 7) is 2.49. The number of hydrogen-bond acceptors (Lipinski definition) is 4. The highest BCUT2D eigenvalue weighted by molar-refractivity contribution is 5.76. The maximum atomic E-state index is 10.7. The second kappa shape index (κ2) is 6.27. The number of carbonyl (C=O) groups is 1. The minimum Gasteiger partial charge on any atom is -0.378 e. The summed E-state index contributed by atoms with van der Waals surface area (Å²) in [4.78, 5) is 14.9. The third-order valence-corrected chi connectivity index (χ3v) is 1.83. The molecule has 1 heterocycles. The van der Waals surface area contributed by atoms with Crippen LogP contribution < -0.4 is 0 Å². The maximum Gasteiger partial charge on any atom is 0.155 e. The van der Waals surface area contributed by atoms with Gasteiger partial charge in [-0.05, 0) is 13.0 Å². The summed E-state index contributed by atoms with van der Waals surface area (Å²) < 4.78 is 10.2. The molecule has 0 bridgehead atoms. The van der Waals surface area contributed by atoms with Gasteiger partial charge in [-0.25, -0.2) is 0 Å². The van der Waals surface area contributed by atoms with Crippen LogP contribution in [0.25, 0.3) is 0 Å². The van der Waals surface area contributed by atoms with Crippen molar-refractivity contribution in [2.24, 2.45) is 0 Å². The van der Waals surface area contributed by atoms with Crippen LogP contribution in [0, 0.1) is 0 Å². The molecule has 0 aliphatic carbocycles. The Hall–Kier alpha value is -1.26. The van der Waals surface area contributed by atoms with Gasteiger partial charge in [0.1, 0.15) is 6.61 Å². The quantitative estimate of drug-likeness (QED) is 0.709. The molecule has 0 radical (unpaired) electrons. The number of pyridine rings is 1. The molecule has 0 atom stereocenters. The van der Waals surface area contributed by atoms with Crippen LogP contribution in [0.5, 0.6) is 0 Å². The molecule has 0 saturated carbocycles. The van der Waals surface area contributed by atoms with Crippen molar-refractivity contribution < 1.29 is 14.3 Å². The zero-order valence-corrected chi connectivity index (χ0v) is 9.03. The van der Waals surface area contributed by atoms with Gasteiger partial charge in [-0.15, -0.1) is 0 Å². The number of nitrogens with zero attached hydrogens (tertiary/aromatic N) is 1. The molecule has 1 aromatic rings. The van der Waals surface area contributed by atoms with Gasteiger partial charge in [-0.1, -0.05) is 6.07 Å². The molecule has 4 nitrogen and oxygen atoms in total. The lowest BCUT2D eigenvalue weighted by molar-refractivity contribution is -0.121. The lowest BCUT2D eigenvalue weighted by Crippen LogP contribution is -2.06. The number of methoxy groups -OCH3 is 1. The van der Waals surface area contributed by atoms with E-state index in [1.54, 1.807) is 13.3 Å². The molecule has 4 heteroatoms. The van der Waals surface area contributed by atoms with E-state index in [4.69, 9.17) is 9.47 Å². The molecule has 0 aliphatic rings. The second-order valence-electron chi connectivity index (χ2n) is 3.24. The van der Waals surface area contributed by atoms with Crippen LogP contribution in [0.15, 0.2) is 18.3 Å². The molecule has 82 valence electrons. The number of hydrogen-bond donors (Lipinski definition) is 0. The number of ether oxygens (including phenoxy) is 2. The van der Waals surface area contributed by atoms with E-state index in [2.05, 4.69) is 4.98 Å². The topological polar surface area (TPSA) is 48.4 Å². The molecule has 1 aromatic heterocycles. The van der Waals surface area contributed by atoms with Crippen molar-refractivity contribution in [3.05, 3.63) is 29.6 Å². The Balaban J connectivity index is 2.55. The van der Waals surface area contributed by atoms with Crippen LogP contribution in [0.4, 0.5) is 0 Å². The average molecular weight is 209 g/mol. The molecule has 0 fully saturated rings. The number of ketones is 1. The Morgan fingerprint density at radius 3 is 2.93 bits per heavy atom. The monoisotopic (exact) mass is 209 g/mol. The first-order valence-electron chi connectivity index (χ1n) is 4.73. The third kappa shape index (κ3) is 4.18. The molecular weight excluding hydrogens is 194 g/mol. The Bertz CT molecular complexity index is 325. The van der Waals surface area contributed by atoms with E-state index in [0.717, 1.165) is 11.3 Å². The molecule has 0 unspecified atom stereocenters. The highest BCUT2D eigenvalue weighted by Crippen LogP contribution is 2.07. The van der Waals surface area contributed by atoms with Gasteiger partial charge < -0.3 is 9.47 Å². The normalized spacial score (nSPS) is 10.3. The van der Waals surface area contributed by atoms with Crippen molar-refractivity contribution in [1.82, 2.24) is 4.98 Å². The van der Waals surface area contributed by atoms with Gasteiger partial charge >= 0.3 is 0 Å². The zero-order chi connectivity index (χ0) is 11.1. The molecule has 0 N–H and O–H groups in total. The number of carbonyl (C=O) groups excluding carboxylic acids is 1. The van der Waals surface area contributed by atoms with Gasteiger partial charge in [0.15, 0.2) is 5.78 Å². The second-order valence-corrected chi connectivity index (χ2v) is 3.24. The van der Waals surface area contributed by atoms with Gasteiger partial charge in [0.2, 0.25) is 0 Å². The molecule has 0 aliphatic heterocycles. The Kier molecular flexibility index (Phi) is 4.93. The Labute approximate surface area is 89.2 Å². The largest absolute Gasteiger partial charge is 0.378 e. The standard InChI is InChI=1S/C11H15NO3/c1-9(13)6-15-7-10-4-3-5-12-11(10)8-14-2/h3-5H,6-8H2,1-2H3. The maximum absolute atomic E-state index is 10.7. The van der Waals surface area contributed by atoms with Crippen LogP contribution in [-0.2, 0) is 27.5 Å². The van der Waals surface area contributed by atoms with Crippen LogP contribution in [0.1, 0.15) is 18.2 Å². The van der Waals surface area contributed by atoms with Gasteiger partial charge in [0.25, 0.3) is 0 Å². The van der Waals surface area contributed by atoms with E-state index in [-0.39, 0.29) is 12.4 Å². The Morgan fingerprint density at radius 2 is 2.27 bits per heavy atom. The van der Waals surface area contributed by atoms with Crippen LogP contribution >= 0.6 is 0 Å². The fourth-order valence-corrected chi connectivity index (χ4v) is 1.17. The van der Waals surface area contributed by atoms with Crippen molar-refractivity contribution >= 4 is 5.78 Å². The van der Waals surface area contributed by atoms with Gasteiger partial charge in [0.05, 0.1) is 18.9 Å². The Morgan fingerprint density at radius 1 is 1.47 bits per heavy atom. The highest BCUT2D eigenvalue weighted by Gasteiger charge is 2.03. The van der Waals surface area contributed by atoms with Crippen molar-refractivity contribution in [1.29, 1.82) is 0 Å². The molecular formula is C11H15NO3. The molecule has 0 saturated heterocycles. The number of aromatic nitrogens is 1. The smallest absolute Gasteiger partial charge is 0.155 e. The highest BCUT2D eigenvalue weighted by atomic mass is 16.5. The fraction of sp³-hybridized carbons (Fsp3) is 0.455. The van der Waals surface area contributed by atoms with E-state index in [1.165, 1.54) is 6.92 Å². The van der Waals surface area contributed by atoms with E-state index >= 15 is 0 Å². The van der Waals surface area contributed by atoms with Crippen molar-refractivity contribution in [3.8, 4) is 0 Å². The van der Waals surface area contributed by atoms with E-state index < -0.39 is 0 Å². The van der Waals surface area contributed by atoms with Gasteiger partial charge in [-0.3, -0.25) is 9.78 Å². The minimum absolute atomic E-state index is 0.0205. The first-order chi connectivity index (χ1) is 7.24. The summed E-state index contributed by atoms with van der Waals surface area (Å²) in [5.41, 5.74) is 1.81. The number of Topliss-reactive ketones (excluding diaryl/α,β-unsaturated/α-hetero) is 1. The zero-order valence-electron chi connectivity index (χ0n) is 9.03. The van der Waals surface area contributed by atoms with Crippen molar-refractivity contribution in [2.45, 2.75) is 20.1 Å². The summed E-state index contributed by atoms with van der Waals surface area (Å²) in [6, 6.07) is 3.76. The molecule has 0 aromatic carbocycles. The molecule has 0 spiro atoms. The molecule has 1 rings (SSSR count). The fourth-order valence-electron chi connectivity index (χ4n) is 1.17. The molecule has 15 heavy (non-hydrogen) atoms. The van der Waals surface area contributed by atoms with E-state index in [1.807, 2.05) is 12.1 Å². The van der Waals surface area contributed by atoms with Crippen LogP contribution in [-0.4, -0.2) is 24.5 Å². The lowest BCUT2D eigenvalue weighted by atomic mass is 10.2. The van der Waals surface area contributed by atoms with E-state index in [9.17, 15) is 4.79 Å². The summed E-state index contributed by atoms with van der Waals surface area (Å²) in [5, 5.41) is 0. The van der Waals surface area contributed by atoms with Crippen molar-refractivity contribution in [2.75, 3.05) is 13.7 Å². The van der Waals surface area contributed by atoms with Crippen molar-refractivity contribution in [3.63, 3.8) is 0 Å². The summed E-state index contributed by atoms with van der Waals surface area (Å²) in [6.07, 6.45) is 1.71. The average Bonchev–Trinajstić information content (AvgIpc) is 2.20. The summed E-state index contributed by atoms with van der Waals surface area (Å²) in [5.74, 6) is 0.0205. The lowest BCUT2D eigenvalue weighted by Gasteiger charge is -2.07. The first-order valence-corrected chi connectivity index (χ1v) is 4.73. The van der Waals surface area contributed by atoms with Crippen LogP contribution in [0.2, 0.25) is 0 Å².